The van der Waals surface area contributed by atoms with E-state index in [0.717, 1.165) is 12.8 Å². The number of amides is 3. The summed E-state index contributed by atoms with van der Waals surface area (Å²) in [5.41, 5.74) is 0. The van der Waals surface area contributed by atoms with E-state index in [4.69, 9.17) is 5.11 Å². The molecule has 0 heterocycles. The van der Waals surface area contributed by atoms with E-state index in [9.17, 15) is 14.4 Å². The van der Waals surface area contributed by atoms with E-state index in [2.05, 4.69) is 16.0 Å². The van der Waals surface area contributed by atoms with Crippen LogP contribution in [0.4, 0.5) is 4.79 Å². The smallest absolute Gasteiger partial charge is 0.315 e. The fraction of sp³-hybridized carbons (Fsp3) is 0.750. The molecule has 0 aromatic carbocycles. The second kappa shape index (κ2) is 7.60. The molecule has 1 rings (SSSR count). The van der Waals surface area contributed by atoms with Crippen LogP contribution in [0.5, 0.6) is 0 Å². The number of hydrogen-bond donors (Lipinski definition) is 4. The molecule has 7 heteroatoms. The van der Waals surface area contributed by atoms with E-state index in [0.29, 0.717) is 12.8 Å². The van der Waals surface area contributed by atoms with Gasteiger partial charge in [0, 0.05) is 18.5 Å². The lowest BCUT2D eigenvalue weighted by Crippen LogP contribution is -2.45. The normalized spacial score (nSPS) is 15.4. The predicted molar refractivity (Wildman–Crippen MR) is 68.6 cm³/mol. The number of nitrogens with one attached hydrogen (secondary N) is 3. The maximum atomic E-state index is 11.4. The first-order valence-corrected chi connectivity index (χ1v) is 6.53. The third-order valence-corrected chi connectivity index (χ3v) is 2.76. The van der Waals surface area contributed by atoms with Crippen LogP contribution < -0.4 is 16.0 Å². The lowest BCUT2D eigenvalue weighted by molar-refractivity contribution is -0.137. The number of aliphatic carboxylic acids is 1. The molecular formula is C12H21N3O4. The second-order valence-corrected chi connectivity index (χ2v) is 4.86. The van der Waals surface area contributed by atoms with Gasteiger partial charge in [0.15, 0.2) is 0 Å². The summed E-state index contributed by atoms with van der Waals surface area (Å²) >= 11 is 0. The monoisotopic (exact) mass is 271 g/mol. The fourth-order valence-electron chi connectivity index (χ4n) is 1.57. The standard InChI is InChI=1S/C12H21N3O4/c1-8(3-2-4-11(17)18)14-12(19)13-7-10(16)15-9-5-6-9/h8-9H,2-7H2,1H3,(H,15,16)(H,17,18)(H2,13,14,19). The Morgan fingerprint density at radius 1 is 1.32 bits per heavy atom. The molecule has 1 atom stereocenters. The molecule has 1 fully saturated rings. The summed E-state index contributed by atoms with van der Waals surface area (Å²) in [5, 5.41) is 16.4. The summed E-state index contributed by atoms with van der Waals surface area (Å²) in [6.45, 7) is 1.76. The van der Waals surface area contributed by atoms with Crippen molar-refractivity contribution in [2.24, 2.45) is 0 Å². The van der Waals surface area contributed by atoms with E-state index in [1.165, 1.54) is 0 Å². The average Bonchev–Trinajstić information content (AvgIpc) is 3.09. The minimum Gasteiger partial charge on any atom is -0.481 e. The first-order chi connectivity index (χ1) is 8.97. The van der Waals surface area contributed by atoms with Crippen LogP contribution in [-0.2, 0) is 9.59 Å². The van der Waals surface area contributed by atoms with Gasteiger partial charge in [-0.3, -0.25) is 9.59 Å². The van der Waals surface area contributed by atoms with Crippen molar-refractivity contribution < 1.29 is 19.5 Å². The molecule has 7 nitrogen and oxygen atoms in total. The molecule has 0 aromatic rings. The minimum absolute atomic E-state index is 0.0375. The van der Waals surface area contributed by atoms with Gasteiger partial charge in [-0.05, 0) is 32.6 Å². The Kier molecular flexibility index (Phi) is 6.11. The van der Waals surface area contributed by atoms with E-state index >= 15 is 0 Å². The Bertz CT molecular complexity index is 342. The highest BCUT2D eigenvalue weighted by atomic mass is 16.4. The Hall–Kier alpha value is -1.79. The average molecular weight is 271 g/mol. The first kappa shape index (κ1) is 15.3. The van der Waals surface area contributed by atoms with Gasteiger partial charge in [-0.15, -0.1) is 0 Å². The zero-order valence-corrected chi connectivity index (χ0v) is 11.1. The van der Waals surface area contributed by atoms with E-state index in [1.807, 2.05) is 0 Å². The Balaban J connectivity index is 2.04. The molecule has 0 aliphatic heterocycles. The number of rotatable bonds is 8. The largest absolute Gasteiger partial charge is 0.481 e. The van der Waals surface area contributed by atoms with Crippen LogP contribution in [0.25, 0.3) is 0 Å². The lowest BCUT2D eigenvalue weighted by atomic mass is 10.1. The molecule has 4 N–H and O–H groups in total. The van der Waals surface area contributed by atoms with Gasteiger partial charge in [-0.1, -0.05) is 0 Å². The zero-order chi connectivity index (χ0) is 14.3. The van der Waals surface area contributed by atoms with Crippen LogP contribution in [0.2, 0.25) is 0 Å². The molecule has 0 aromatic heterocycles. The first-order valence-electron chi connectivity index (χ1n) is 6.53. The molecule has 108 valence electrons. The summed E-state index contributed by atoms with van der Waals surface area (Å²) in [7, 11) is 0. The summed E-state index contributed by atoms with van der Waals surface area (Å²) in [4.78, 5) is 33.1. The number of carboxylic acid groups (broad SMARTS) is 1. The highest BCUT2D eigenvalue weighted by molar-refractivity contribution is 5.84. The van der Waals surface area contributed by atoms with Crippen molar-refractivity contribution in [3.8, 4) is 0 Å². The molecule has 0 spiro atoms. The molecule has 1 saturated carbocycles. The highest BCUT2D eigenvalue weighted by Gasteiger charge is 2.23. The van der Waals surface area contributed by atoms with Crippen LogP contribution >= 0.6 is 0 Å². The number of carbonyl (C=O) groups excluding carboxylic acids is 2. The van der Waals surface area contributed by atoms with Gasteiger partial charge >= 0.3 is 12.0 Å². The van der Waals surface area contributed by atoms with Crippen molar-refractivity contribution in [1.29, 1.82) is 0 Å². The van der Waals surface area contributed by atoms with Gasteiger partial charge in [-0.2, -0.15) is 0 Å². The third kappa shape index (κ3) is 8.01. The summed E-state index contributed by atoms with van der Waals surface area (Å²) in [5.74, 6) is -1.02. The second-order valence-electron chi connectivity index (χ2n) is 4.86. The van der Waals surface area contributed by atoms with Crippen molar-refractivity contribution in [2.45, 2.75) is 51.1 Å². The van der Waals surface area contributed by atoms with Gasteiger partial charge in [-0.25, -0.2) is 4.79 Å². The maximum Gasteiger partial charge on any atom is 0.315 e. The Labute approximate surface area is 112 Å². The summed E-state index contributed by atoms with van der Waals surface area (Å²) in [6, 6.07) is -0.244. The van der Waals surface area contributed by atoms with Crippen LogP contribution in [0.1, 0.15) is 39.0 Å². The molecule has 1 aliphatic carbocycles. The molecule has 19 heavy (non-hydrogen) atoms. The van der Waals surface area contributed by atoms with Gasteiger partial charge in [0.25, 0.3) is 0 Å². The van der Waals surface area contributed by atoms with E-state index < -0.39 is 12.0 Å². The molecular weight excluding hydrogens is 250 g/mol. The molecule has 0 radical (unpaired) electrons. The molecule has 3 amide bonds. The van der Waals surface area contributed by atoms with Crippen molar-refractivity contribution in [3.05, 3.63) is 0 Å². The van der Waals surface area contributed by atoms with Gasteiger partial charge in [0.2, 0.25) is 5.91 Å². The molecule has 0 bridgehead atoms. The Morgan fingerprint density at radius 3 is 2.58 bits per heavy atom. The quantitative estimate of drug-likeness (QED) is 0.506. The summed E-state index contributed by atoms with van der Waals surface area (Å²) < 4.78 is 0. The highest BCUT2D eigenvalue weighted by Crippen LogP contribution is 2.18. The van der Waals surface area contributed by atoms with E-state index in [-0.39, 0.29) is 31.0 Å². The molecule has 1 aliphatic rings. The van der Waals surface area contributed by atoms with Crippen molar-refractivity contribution in [2.75, 3.05) is 6.54 Å². The SMILES string of the molecule is CC(CCCC(=O)O)NC(=O)NCC(=O)NC1CC1. The van der Waals surface area contributed by atoms with Gasteiger partial charge in [0.1, 0.15) is 0 Å². The summed E-state index contributed by atoms with van der Waals surface area (Å²) in [6.07, 6.45) is 3.22. The number of hydrogen-bond acceptors (Lipinski definition) is 3. The zero-order valence-electron chi connectivity index (χ0n) is 11.1. The van der Waals surface area contributed by atoms with Crippen LogP contribution in [0.15, 0.2) is 0 Å². The fourth-order valence-corrected chi connectivity index (χ4v) is 1.57. The maximum absolute atomic E-state index is 11.4. The Morgan fingerprint density at radius 2 is 2.00 bits per heavy atom. The predicted octanol–water partition coefficient (Wildman–Crippen LogP) is 0.208. The van der Waals surface area contributed by atoms with Crippen molar-refractivity contribution in [1.82, 2.24) is 16.0 Å². The lowest BCUT2D eigenvalue weighted by Gasteiger charge is -2.14. The topological polar surface area (TPSA) is 108 Å². The van der Waals surface area contributed by atoms with Crippen molar-refractivity contribution >= 4 is 17.9 Å². The van der Waals surface area contributed by atoms with E-state index in [1.54, 1.807) is 6.92 Å². The number of carbonyl (C=O) groups is 3. The van der Waals surface area contributed by atoms with Gasteiger partial charge in [0.05, 0.1) is 6.54 Å². The minimum atomic E-state index is -0.839. The molecule has 1 unspecified atom stereocenters. The van der Waals surface area contributed by atoms with Crippen molar-refractivity contribution in [3.63, 3.8) is 0 Å². The van der Waals surface area contributed by atoms with Crippen LogP contribution in [0, 0.1) is 0 Å². The van der Waals surface area contributed by atoms with Crippen LogP contribution in [-0.4, -0.2) is 41.6 Å². The van der Waals surface area contributed by atoms with Crippen LogP contribution in [0.3, 0.4) is 0 Å². The molecule has 0 saturated heterocycles. The van der Waals surface area contributed by atoms with Gasteiger partial charge < -0.3 is 21.1 Å². The third-order valence-electron chi connectivity index (χ3n) is 2.76. The number of urea groups is 1. The number of carboxylic acids is 1.